The van der Waals surface area contributed by atoms with Crippen LogP contribution < -0.4 is 0 Å². The highest BCUT2D eigenvalue weighted by Gasteiger charge is 2.29. The smallest absolute Gasteiger partial charge is 0.215 e. The Bertz CT molecular complexity index is 1180. The number of Topliss-reactive ketones (excluding diaryl/α,β-unsaturated/α-hetero) is 1. The van der Waals surface area contributed by atoms with Gasteiger partial charge < -0.3 is 10.1 Å². The molecule has 0 atom stereocenters. The molecule has 2 aromatic carbocycles. The van der Waals surface area contributed by atoms with E-state index in [9.17, 15) is 9.90 Å². The number of nitrogens with zero attached hydrogens (tertiary/aromatic N) is 1. The molecule has 4 heteroatoms. The van der Waals surface area contributed by atoms with Crippen molar-refractivity contribution in [2.45, 2.75) is 0 Å². The summed E-state index contributed by atoms with van der Waals surface area (Å²) >= 11 is 0. The number of rotatable bonds is 1. The average Bonchev–Trinajstić information content (AvgIpc) is 3.09. The minimum atomic E-state index is -0.618. The number of hydrogen-bond acceptors (Lipinski definition) is 3. The number of benzene rings is 2. The Morgan fingerprint density at radius 3 is 2.85 bits per heavy atom. The number of hydrogen-bond donors (Lipinski definition) is 2. The van der Waals surface area contributed by atoms with E-state index < -0.39 is 5.78 Å². The van der Waals surface area contributed by atoms with Gasteiger partial charge in [-0.3, -0.25) is 4.79 Å². The summed E-state index contributed by atoms with van der Waals surface area (Å²) in [6.07, 6.45) is 0. The Labute approximate surface area is 122 Å². The van der Waals surface area contributed by atoms with Gasteiger partial charge in [0.2, 0.25) is 5.78 Å². The Kier molecular flexibility index (Phi) is 1.24. The van der Waals surface area contributed by atoms with Crippen molar-refractivity contribution >= 4 is 28.1 Å². The van der Waals surface area contributed by atoms with Gasteiger partial charge in [0.1, 0.15) is 11.4 Å². The first-order chi connectivity index (χ1) is 12.2. The highest BCUT2D eigenvalue weighted by atomic mass is 16.3. The predicted octanol–water partition coefficient (Wildman–Crippen LogP) is 3.19. The zero-order valence-corrected chi connectivity index (χ0v) is 9.96. The maximum atomic E-state index is 12.7. The van der Waals surface area contributed by atoms with Crippen LogP contribution in [0.3, 0.4) is 0 Å². The van der Waals surface area contributed by atoms with Crippen molar-refractivity contribution < 1.29 is 18.1 Å². The van der Waals surface area contributed by atoms with E-state index in [1.54, 1.807) is 0 Å². The quantitative estimate of drug-likeness (QED) is 0.711. The lowest BCUT2D eigenvalue weighted by molar-refractivity contribution is 0.107. The number of aromatic amines is 1. The van der Waals surface area contributed by atoms with Gasteiger partial charge in [-0.25, -0.2) is 4.99 Å². The van der Waals surface area contributed by atoms with E-state index in [0.29, 0.717) is 0 Å². The van der Waals surface area contributed by atoms with E-state index in [-0.39, 0.29) is 75.6 Å². The number of aliphatic imine (C=N–C) groups is 1. The van der Waals surface area contributed by atoms with Crippen LogP contribution >= 0.6 is 0 Å². The van der Waals surface area contributed by atoms with Crippen LogP contribution in [0.5, 0.6) is 5.75 Å². The molecule has 2 N–H and O–H groups in total. The largest absolute Gasteiger partial charge is 0.505 e. The second-order valence-electron chi connectivity index (χ2n) is 4.27. The molecule has 1 aliphatic rings. The molecular weight excluding hydrogens is 252 g/mol. The van der Waals surface area contributed by atoms with Crippen LogP contribution in [-0.2, 0) is 0 Å². The normalized spacial score (nSPS) is 17.8. The highest BCUT2D eigenvalue weighted by molar-refractivity contribution is 6.55. The molecule has 0 radical (unpaired) electrons. The number of para-hydroxylation sites is 2. The molecule has 0 bridgehead atoms. The summed E-state index contributed by atoms with van der Waals surface area (Å²) in [6.45, 7) is 0. The van der Waals surface area contributed by atoms with E-state index in [1.165, 1.54) is 6.07 Å². The topological polar surface area (TPSA) is 65.4 Å². The minimum absolute atomic E-state index is 0.00230. The summed E-state index contributed by atoms with van der Waals surface area (Å²) in [5, 5.41) is 10.6. The summed E-state index contributed by atoms with van der Waals surface area (Å²) in [4.78, 5) is 19.4. The Morgan fingerprint density at radius 1 is 1.15 bits per heavy atom. The standard InChI is InChI=1S/C16H10N2O2/c19-15-9-5-1-3-7-11(9)17-13(15)14-16(20)10-6-2-4-8-12(10)18-14/h1-8,17,19H/i1D,2D,3D,4D,7D,8D. The molecule has 0 saturated carbocycles. The molecule has 0 fully saturated rings. The average molecular weight is 268 g/mol. The van der Waals surface area contributed by atoms with Gasteiger partial charge in [-0.2, -0.15) is 0 Å². The van der Waals surface area contributed by atoms with Gasteiger partial charge in [-0.15, -0.1) is 0 Å². The number of aromatic nitrogens is 1. The fourth-order valence-electron chi connectivity index (χ4n) is 2.18. The monoisotopic (exact) mass is 268 g/mol. The van der Waals surface area contributed by atoms with Crippen LogP contribution in [0.1, 0.15) is 24.3 Å². The van der Waals surface area contributed by atoms with Crippen molar-refractivity contribution in [2.24, 2.45) is 4.99 Å². The number of fused-ring (bicyclic) bond motifs is 2. The molecule has 20 heavy (non-hydrogen) atoms. The first-order valence-corrected chi connectivity index (χ1v) is 5.78. The maximum Gasteiger partial charge on any atom is 0.215 e. The van der Waals surface area contributed by atoms with Gasteiger partial charge in [-0.05, 0) is 24.2 Å². The van der Waals surface area contributed by atoms with Crippen LogP contribution in [0.15, 0.2) is 53.4 Å². The Morgan fingerprint density at radius 2 is 1.95 bits per heavy atom. The summed E-state index contributed by atoms with van der Waals surface area (Å²) < 4.78 is 46.5. The summed E-state index contributed by atoms with van der Waals surface area (Å²) in [5.41, 5.74) is -0.240. The van der Waals surface area contributed by atoms with Crippen molar-refractivity contribution in [3.05, 3.63) is 59.6 Å². The third-order valence-corrected chi connectivity index (χ3v) is 3.13. The van der Waals surface area contributed by atoms with Gasteiger partial charge in [0.15, 0.2) is 5.75 Å². The van der Waals surface area contributed by atoms with Crippen LogP contribution in [0.4, 0.5) is 5.69 Å². The zero-order chi connectivity index (χ0) is 18.9. The SMILES string of the molecule is [2H]c1cc2c(c([2H])c1[2H])N=C(c1[nH]c3c([2H])c([2H])c([2H])cc3c1O)C2=O. The number of nitrogens with one attached hydrogen (secondary N) is 1. The van der Waals surface area contributed by atoms with E-state index in [0.717, 1.165) is 6.07 Å². The van der Waals surface area contributed by atoms with Crippen molar-refractivity contribution in [1.29, 1.82) is 0 Å². The Balaban J connectivity index is 1.97. The molecule has 0 aliphatic carbocycles. The van der Waals surface area contributed by atoms with Gasteiger partial charge in [-0.1, -0.05) is 24.2 Å². The van der Waals surface area contributed by atoms with E-state index in [2.05, 4.69) is 9.98 Å². The van der Waals surface area contributed by atoms with Crippen molar-refractivity contribution in [1.82, 2.24) is 4.98 Å². The second kappa shape index (κ2) is 3.81. The van der Waals surface area contributed by atoms with Gasteiger partial charge >= 0.3 is 0 Å². The molecule has 0 unspecified atom stereocenters. The van der Waals surface area contributed by atoms with Crippen molar-refractivity contribution in [2.75, 3.05) is 0 Å². The fraction of sp³-hybridized carbons (Fsp3) is 0. The summed E-state index contributed by atoms with van der Waals surface area (Å²) in [7, 11) is 0. The minimum Gasteiger partial charge on any atom is -0.505 e. The molecule has 2 heterocycles. The molecular formula is C16H10N2O2. The molecule has 0 saturated heterocycles. The van der Waals surface area contributed by atoms with Crippen molar-refractivity contribution in [3.8, 4) is 5.75 Å². The van der Waals surface area contributed by atoms with E-state index in [1.807, 2.05) is 0 Å². The lowest BCUT2D eigenvalue weighted by atomic mass is 10.1. The molecule has 3 aromatic rings. The number of carbonyl (C=O) groups is 1. The molecule has 4 rings (SSSR count). The first-order valence-electron chi connectivity index (χ1n) is 8.78. The molecule has 4 nitrogen and oxygen atoms in total. The molecule has 96 valence electrons. The van der Waals surface area contributed by atoms with Gasteiger partial charge in [0, 0.05) is 16.5 Å². The molecule has 0 amide bonds. The Hall–Kier alpha value is -2.88. The van der Waals surface area contributed by atoms with Crippen LogP contribution in [-0.4, -0.2) is 21.6 Å². The number of aromatic hydroxyl groups is 1. The van der Waals surface area contributed by atoms with Crippen LogP contribution in [0, 0.1) is 0 Å². The summed E-state index contributed by atoms with van der Waals surface area (Å²) in [6, 6.07) is 0.553. The van der Waals surface area contributed by atoms with Gasteiger partial charge in [0.05, 0.1) is 13.9 Å². The van der Waals surface area contributed by atoms with Crippen molar-refractivity contribution in [3.63, 3.8) is 0 Å². The van der Waals surface area contributed by atoms with Gasteiger partial charge in [0.25, 0.3) is 0 Å². The number of H-pyrrole nitrogens is 1. The zero-order valence-electron chi connectivity index (χ0n) is 16.0. The third kappa shape index (κ3) is 1.36. The lowest BCUT2D eigenvalue weighted by Gasteiger charge is -1.96. The molecule has 0 spiro atoms. The predicted molar refractivity (Wildman–Crippen MR) is 76.9 cm³/mol. The first kappa shape index (κ1) is 6.52. The van der Waals surface area contributed by atoms with E-state index in [4.69, 9.17) is 8.22 Å². The third-order valence-electron chi connectivity index (χ3n) is 3.13. The maximum absolute atomic E-state index is 12.7. The summed E-state index contributed by atoms with van der Waals surface area (Å²) in [5.74, 6) is -1.00. The van der Waals surface area contributed by atoms with E-state index >= 15 is 0 Å². The number of ketones is 1. The van der Waals surface area contributed by atoms with Crippen LogP contribution in [0.2, 0.25) is 0 Å². The van der Waals surface area contributed by atoms with Crippen LogP contribution in [0.25, 0.3) is 10.9 Å². The molecule has 1 aromatic heterocycles. The second-order valence-corrected chi connectivity index (χ2v) is 4.27. The molecule has 1 aliphatic heterocycles. The number of carbonyl (C=O) groups excluding carboxylic acids is 1. The highest BCUT2D eigenvalue weighted by Crippen LogP contribution is 2.34. The fourth-order valence-corrected chi connectivity index (χ4v) is 2.18. The lowest BCUT2D eigenvalue weighted by Crippen LogP contribution is -2.11.